The van der Waals surface area contributed by atoms with E-state index in [-0.39, 0.29) is 18.2 Å². The number of carbonyl (C=O) groups is 1. The number of para-hydroxylation sites is 1. The van der Waals surface area contributed by atoms with Crippen LogP contribution in [0.5, 0.6) is 0 Å². The highest BCUT2D eigenvalue weighted by atomic mass is 16.6. The van der Waals surface area contributed by atoms with E-state index in [1.54, 1.807) is 6.20 Å². The number of aromatic nitrogens is 1. The second-order valence-corrected chi connectivity index (χ2v) is 6.46. The molecule has 0 radical (unpaired) electrons. The summed E-state index contributed by atoms with van der Waals surface area (Å²) in [5.41, 5.74) is 1.71. The Hall–Kier alpha value is -2.48. The first-order valence-corrected chi connectivity index (χ1v) is 8.79. The Bertz CT molecular complexity index is 728. The van der Waals surface area contributed by atoms with Gasteiger partial charge in [-0.15, -0.1) is 0 Å². The molecule has 0 aliphatic carbocycles. The molecule has 2 aromatic rings. The van der Waals surface area contributed by atoms with Gasteiger partial charge in [0.05, 0.1) is 12.3 Å². The van der Waals surface area contributed by atoms with E-state index in [4.69, 9.17) is 14.2 Å². The van der Waals surface area contributed by atoms with E-state index < -0.39 is 12.2 Å². The van der Waals surface area contributed by atoms with Crippen LogP contribution in [0.3, 0.4) is 0 Å². The first-order valence-electron chi connectivity index (χ1n) is 8.79. The average molecular weight is 356 g/mol. The number of anilines is 1. The largest absolute Gasteiger partial charge is 0.441 e. The van der Waals surface area contributed by atoms with Crippen LogP contribution in [0.4, 0.5) is 10.5 Å². The topological polar surface area (TPSA) is 86.3 Å². The Morgan fingerprint density at radius 3 is 2.73 bits per heavy atom. The molecule has 0 spiro atoms. The summed E-state index contributed by atoms with van der Waals surface area (Å²) in [6.45, 7) is 1.69. The monoisotopic (exact) mass is 356 g/mol. The van der Waals surface area contributed by atoms with Crippen LogP contribution < -0.4 is 10.6 Å². The van der Waals surface area contributed by atoms with E-state index in [0.717, 1.165) is 12.2 Å². The molecule has 2 fully saturated rings. The number of nitrogens with one attached hydrogen (secondary N) is 1. The molecule has 0 unspecified atom stereocenters. The van der Waals surface area contributed by atoms with Gasteiger partial charge in [-0.1, -0.05) is 24.3 Å². The molecule has 1 amide bonds. The molecule has 136 valence electrons. The number of amides is 1. The van der Waals surface area contributed by atoms with Crippen LogP contribution in [-0.4, -0.2) is 48.6 Å². The van der Waals surface area contributed by atoms with E-state index in [2.05, 4.69) is 15.6 Å². The zero-order valence-corrected chi connectivity index (χ0v) is 14.3. The third-order valence-electron chi connectivity index (χ3n) is 4.68. The first-order chi connectivity index (χ1) is 12.8. The highest BCUT2D eigenvalue weighted by molar-refractivity contribution is 5.84. The van der Waals surface area contributed by atoms with Crippen LogP contribution in [-0.2, 0) is 20.8 Å². The Labute approximate surface area is 151 Å². The van der Waals surface area contributed by atoms with E-state index >= 15 is 0 Å². The fourth-order valence-corrected chi connectivity index (χ4v) is 3.39. The molecular formula is C19H22N3O4+. The Kier molecular flexibility index (Phi) is 5.10. The zero-order valence-electron chi connectivity index (χ0n) is 14.3. The van der Waals surface area contributed by atoms with Gasteiger partial charge in [-0.25, -0.2) is 4.79 Å². The fourth-order valence-electron chi connectivity index (χ4n) is 3.39. The Balaban J connectivity index is 1.28. The molecule has 4 atom stereocenters. The van der Waals surface area contributed by atoms with Crippen LogP contribution in [0.25, 0.3) is 0 Å². The standard InChI is InChI=1S/C19H21N3O4/c23-19(22-13-6-2-1-3-7-13)26-16-12-25-17-15(11-24-18(16)17)21-10-14-8-4-5-9-20-14/h1-9,15-18,21H,10-12H2,(H,22,23)/p+1/t15-,16+,17+,18+/m0/s1. The molecule has 1 aromatic carbocycles. The van der Waals surface area contributed by atoms with E-state index in [0.29, 0.717) is 18.9 Å². The lowest BCUT2D eigenvalue weighted by Crippen LogP contribution is -2.91. The summed E-state index contributed by atoms with van der Waals surface area (Å²) in [5.74, 6) is 0. The van der Waals surface area contributed by atoms with Gasteiger partial charge in [-0.05, 0) is 24.3 Å². The van der Waals surface area contributed by atoms with Crippen LogP contribution in [0, 0.1) is 0 Å². The summed E-state index contributed by atoms with van der Waals surface area (Å²) in [6, 6.07) is 15.3. The summed E-state index contributed by atoms with van der Waals surface area (Å²) < 4.78 is 17.2. The van der Waals surface area contributed by atoms with E-state index in [9.17, 15) is 4.79 Å². The molecule has 1 aromatic heterocycles. The lowest BCUT2D eigenvalue weighted by molar-refractivity contribution is -0.708. The number of rotatable bonds is 5. The summed E-state index contributed by atoms with van der Waals surface area (Å²) >= 11 is 0. The molecule has 0 saturated carbocycles. The summed E-state index contributed by atoms with van der Waals surface area (Å²) in [6.07, 6.45) is 0.611. The second kappa shape index (κ2) is 7.82. The normalized spacial score (nSPS) is 27.1. The maximum atomic E-state index is 12.1. The Morgan fingerprint density at radius 1 is 1.12 bits per heavy atom. The third-order valence-corrected chi connectivity index (χ3v) is 4.68. The maximum absolute atomic E-state index is 12.1. The second-order valence-electron chi connectivity index (χ2n) is 6.46. The molecule has 26 heavy (non-hydrogen) atoms. The lowest BCUT2D eigenvalue weighted by Gasteiger charge is -2.16. The first kappa shape index (κ1) is 17.0. The number of quaternary nitrogens is 1. The molecule has 4 rings (SSSR count). The van der Waals surface area contributed by atoms with Crippen molar-refractivity contribution < 1.29 is 24.3 Å². The molecular weight excluding hydrogens is 334 g/mol. The number of nitrogens with zero attached hydrogens (tertiary/aromatic N) is 1. The van der Waals surface area contributed by atoms with Crippen molar-refractivity contribution in [3.8, 4) is 0 Å². The predicted molar refractivity (Wildman–Crippen MR) is 93.5 cm³/mol. The minimum atomic E-state index is -0.491. The number of pyridine rings is 1. The van der Waals surface area contributed by atoms with Crippen molar-refractivity contribution in [3.05, 3.63) is 60.4 Å². The van der Waals surface area contributed by atoms with Gasteiger partial charge in [0, 0.05) is 11.9 Å². The minimum absolute atomic E-state index is 0.0757. The summed E-state index contributed by atoms with van der Waals surface area (Å²) in [4.78, 5) is 16.4. The van der Waals surface area contributed by atoms with Gasteiger partial charge in [0.1, 0.15) is 31.4 Å². The van der Waals surface area contributed by atoms with Gasteiger partial charge in [-0.2, -0.15) is 0 Å². The lowest BCUT2D eigenvalue weighted by atomic mass is 10.1. The SMILES string of the molecule is O=C(Nc1ccccc1)O[C@@H]1CO[C@H]2[C@@H]1OC[C@@H]2[NH2+]Cc1ccccn1. The van der Waals surface area contributed by atoms with E-state index in [1.807, 2.05) is 48.5 Å². The van der Waals surface area contributed by atoms with Gasteiger partial charge in [-0.3, -0.25) is 10.3 Å². The van der Waals surface area contributed by atoms with Crippen LogP contribution >= 0.6 is 0 Å². The van der Waals surface area contributed by atoms with Gasteiger partial charge >= 0.3 is 6.09 Å². The Morgan fingerprint density at radius 2 is 1.92 bits per heavy atom. The van der Waals surface area contributed by atoms with Gasteiger partial charge in [0.25, 0.3) is 0 Å². The fraction of sp³-hybridized carbons (Fsp3) is 0.368. The zero-order chi connectivity index (χ0) is 17.8. The molecule has 2 saturated heterocycles. The van der Waals surface area contributed by atoms with Crippen molar-refractivity contribution in [3.63, 3.8) is 0 Å². The molecule has 3 N–H and O–H groups in total. The molecule has 0 bridgehead atoms. The van der Waals surface area contributed by atoms with Crippen LogP contribution in [0.2, 0.25) is 0 Å². The predicted octanol–water partition coefficient (Wildman–Crippen LogP) is 0.928. The van der Waals surface area contributed by atoms with Crippen molar-refractivity contribution in [2.24, 2.45) is 0 Å². The van der Waals surface area contributed by atoms with Crippen molar-refractivity contribution in [1.29, 1.82) is 0 Å². The molecule has 2 aliphatic heterocycles. The highest BCUT2D eigenvalue weighted by Gasteiger charge is 2.51. The number of fused-ring (bicyclic) bond motifs is 1. The smallest absolute Gasteiger partial charge is 0.412 e. The van der Waals surface area contributed by atoms with Gasteiger partial charge < -0.3 is 19.5 Å². The van der Waals surface area contributed by atoms with Gasteiger partial charge in [0.2, 0.25) is 0 Å². The van der Waals surface area contributed by atoms with E-state index in [1.165, 1.54) is 0 Å². The number of hydrogen-bond donors (Lipinski definition) is 2. The number of benzene rings is 1. The number of nitrogens with two attached hydrogens (primary N) is 1. The molecule has 7 heteroatoms. The third kappa shape index (κ3) is 3.85. The molecule has 7 nitrogen and oxygen atoms in total. The van der Waals surface area contributed by atoms with Crippen LogP contribution in [0.1, 0.15) is 5.69 Å². The minimum Gasteiger partial charge on any atom is -0.441 e. The average Bonchev–Trinajstić information content (AvgIpc) is 3.25. The summed E-state index contributed by atoms with van der Waals surface area (Å²) in [5, 5.41) is 4.90. The number of ether oxygens (including phenoxy) is 3. The van der Waals surface area contributed by atoms with Gasteiger partial charge in [0.15, 0.2) is 6.10 Å². The molecule has 2 aliphatic rings. The van der Waals surface area contributed by atoms with Crippen LogP contribution in [0.15, 0.2) is 54.7 Å². The van der Waals surface area contributed by atoms with Crippen molar-refractivity contribution in [2.75, 3.05) is 18.5 Å². The maximum Gasteiger partial charge on any atom is 0.412 e. The number of hydrogen-bond acceptors (Lipinski definition) is 5. The quantitative estimate of drug-likeness (QED) is 0.832. The number of carbonyl (C=O) groups excluding carboxylic acids is 1. The molecule has 3 heterocycles. The van der Waals surface area contributed by atoms with Crippen molar-refractivity contribution in [1.82, 2.24) is 4.98 Å². The highest BCUT2D eigenvalue weighted by Crippen LogP contribution is 2.27. The van der Waals surface area contributed by atoms with Crippen molar-refractivity contribution >= 4 is 11.8 Å². The summed E-state index contributed by atoms with van der Waals surface area (Å²) in [7, 11) is 0. The van der Waals surface area contributed by atoms with Crippen molar-refractivity contribution in [2.45, 2.75) is 30.9 Å².